The van der Waals surface area contributed by atoms with Gasteiger partial charge in [0.1, 0.15) is 5.58 Å². The molecule has 0 N–H and O–H groups in total. The van der Waals surface area contributed by atoms with Crippen molar-refractivity contribution in [2.24, 2.45) is 0 Å². The zero-order valence-electron chi connectivity index (χ0n) is 15.8. The highest BCUT2D eigenvalue weighted by Crippen LogP contribution is 2.32. The lowest BCUT2D eigenvalue weighted by atomic mass is 10.1. The second kappa shape index (κ2) is 7.52. The summed E-state index contributed by atoms with van der Waals surface area (Å²) in [7, 11) is 0. The van der Waals surface area contributed by atoms with Crippen molar-refractivity contribution in [3.8, 4) is 17.3 Å². The van der Waals surface area contributed by atoms with Gasteiger partial charge in [-0.2, -0.15) is 0 Å². The van der Waals surface area contributed by atoms with E-state index in [9.17, 15) is 9.59 Å². The number of aryl methyl sites for hydroxylation is 2. The van der Waals surface area contributed by atoms with Gasteiger partial charge in [0.2, 0.25) is 16.9 Å². The van der Waals surface area contributed by atoms with Crippen LogP contribution in [0.3, 0.4) is 0 Å². The molecule has 1 fully saturated rings. The Morgan fingerprint density at radius 3 is 2.71 bits per heavy atom. The van der Waals surface area contributed by atoms with Crippen molar-refractivity contribution in [3.63, 3.8) is 0 Å². The van der Waals surface area contributed by atoms with Crippen LogP contribution in [0.1, 0.15) is 11.1 Å². The molecule has 4 rings (SSSR count). The highest BCUT2D eigenvalue weighted by Gasteiger charge is 2.23. The second-order valence-electron chi connectivity index (χ2n) is 6.81. The molecule has 28 heavy (non-hydrogen) atoms. The third-order valence-electron chi connectivity index (χ3n) is 4.73. The number of benzene rings is 1. The summed E-state index contributed by atoms with van der Waals surface area (Å²) >= 11 is 0. The van der Waals surface area contributed by atoms with E-state index in [4.69, 9.17) is 18.3 Å². The molecule has 0 bridgehead atoms. The van der Waals surface area contributed by atoms with E-state index in [0.29, 0.717) is 43.0 Å². The summed E-state index contributed by atoms with van der Waals surface area (Å²) in [5.41, 5.74) is 1.94. The van der Waals surface area contributed by atoms with Gasteiger partial charge in [-0.25, -0.2) is 0 Å². The number of carbonyl (C=O) groups is 1. The Balaban J connectivity index is 1.75. The van der Waals surface area contributed by atoms with Crippen molar-refractivity contribution in [2.75, 3.05) is 32.9 Å². The van der Waals surface area contributed by atoms with Gasteiger partial charge in [0.25, 0.3) is 5.91 Å². The van der Waals surface area contributed by atoms with Gasteiger partial charge >= 0.3 is 0 Å². The van der Waals surface area contributed by atoms with Crippen LogP contribution in [-0.4, -0.2) is 43.7 Å². The first-order valence-corrected chi connectivity index (χ1v) is 9.15. The lowest BCUT2D eigenvalue weighted by Gasteiger charge is -2.26. The minimum Gasteiger partial charge on any atom is -0.476 e. The van der Waals surface area contributed by atoms with Crippen LogP contribution >= 0.6 is 0 Å². The SMILES string of the molecule is Cc1cc(C)c2oc(-c3ccco3)c(OCC(=O)N3CCOCC3)c(=O)c2c1. The molecule has 1 aliphatic heterocycles. The molecule has 1 amide bonds. The fraction of sp³-hybridized carbons (Fsp3) is 0.333. The molecule has 3 aromatic rings. The quantitative estimate of drug-likeness (QED) is 0.689. The van der Waals surface area contributed by atoms with Crippen LogP contribution in [0.15, 0.2) is 44.2 Å². The number of hydrogen-bond acceptors (Lipinski definition) is 6. The van der Waals surface area contributed by atoms with E-state index in [1.165, 1.54) is 6.26 Å². The summed E-state index contributed by atoms with van der Waals surface area (Å²) in [5.74, 6) is 0.333. The minimum atomic E-state index is -0.325. The Labute approximate surface area is 161 Å². The number of ether oxygens (including phenoxy) is 2. The summed E-state index contributed by atoms with van der Waals surface area (Å²) in [6.45, 7) is 5.56. The fourth-order valence-corrected chi connectivity index (χ4v) is 3.37. The molecule has 0 radical (unpaired) electrons. The molecular formula is C21H21NO6. The van der Waals surface area contributed by atoms with Crippen molar-refractivity contribution in [3.05, 3.63) is 51.9 Å². The largest absolute Gasteiger partial charge is 0.476 e. The maximum Gasteiger partial charge on any atom is 0.260 e. The summed E-state index contributed by atoms with van der Waals surface area (Å²) in [6.07, 6.45) is 1.49. The molecule has 1 aromatic carbocycles. The lowest BCUT2D eigenvalue weighted by Crippen LogP contribution is -2.43. The summed E-state index contributed by atoms with van der Waals surface area (Å²) in [6, 6.07) is 7.09. The van der Waals surface area contributed by atoms with Crippen LogP contribution in [0.25, 0.3) is 22.5 Å². The Morgan fingerprint density at radius 1 is 1.21 bits per heavy atom. The van der Waals surface area contributed by atoms with Crippen LogP contribution in [0.2, 0.25) is 0 Å². The van der Waals surface area contributed by atoms with E-state index in [1.54, 1.807) is 23.1 Å². The zero-order valence-corrected chi connectivity index (χ0v) is 15.8. The first-order chi connectivity index (χ1) is 13.5. The van der Waals surface area contributed by atoms with Gasteiger partial charge in [0.15, 0.2) is 12.4 Å². The van der Waals surface area contributed by atoms with Gasteiger partial charge in [-0.15, -0.1) is 0 Å². The predicted molar refractivity (Wildman–Crippen MR) is 103 cm³/mol. The maximum absolute atomic E-state index is 13.2. The van der Waals surface area contributed by atoms with Crippen molar-refractivity contribution in [2.45, 2.75) is 13.8 Å². The predicted octanol–water partition coefficient (Wildman–Crippen LogP) is 2.91. The number of hydrogen-bond donors (Lipinski definition) is 0. The van der Waals surface area contributed by atoms with Gasteiger partial charge in [0.05, 0.1) is 24.9 Å². The molecule has 0 saturated carbocycles. The van der Waals surface area contributed by atoms with Crippen molar-refractivity contribution < 1.29 is 23.1 Å². The lowest BCUT2D eigenvalue weighted by molar-refractivity contribution is -0.137. The zero-order chi connectivity index (χ0) is 19.7. The molecule has 1 saturated heterocycles. The number of nitrogens with zero attached hydrogens (tertiary/aromatic N) is 1. The Morgan fingerprint density at radius 2 is 2.00 bits per heavy atom. The first-order valence-electron chi connectivity index (χ1n) is 9.15. The molecule has 146 valence electrons. The van der Waals surface area contributed by atoms with Crippen LogP contribution < -0.4 is 10.2 Å². The van der Waals surface area contributed by atoms with Crippen LogP contribution in [-0.2, 0) is 9.53 Å². The van der Waals surface area contributed by atoms with E-state index in [0.717, 1.165) is 11.1 Å². The third kappa shape index (κ3) is 3.41. The molecule has 0 spiro atoms. The number of carbonyl (C=O) groups excluding carboxylic acids is 1. The fourth-order valence-electron chi connectivity index (χ4n) is 3.37. The van der Waals surface area contributed by atoms with E-state index in [-0.39, 0.29) is 29.5 Å². The number of fused-ring (bicyclic) bond motifs is 1. The molecular weight excluding hydrogens is 362 g/mol. The standard InChI is InChI=1S/C21H21NO6/c1-13-10-14(2)19-15(11-13)18(24)21(20(28-19)16-4-3-7-26-16)27-12-17(23)22-5-8-25-9-6-22/h3-4,7,10-11H,5-6,8-9,12H2,1-2H3. The smallest absolute Gasteiger partial charge is 0.260 e. The molecule has 0 unspecified atom stereocenters. The van der Waals surface area contributed by atoms with E-state index < -0.39 is 0 Å². The first kappa shape index (κ1) is 18.3. The van der Waals surface area contributed by atoms with Gasteiger partial charge in [0, 0.05) is 13.1 Å². The van der Waals surface area contributed by atoms with Crippen LogP contribution in [0.5, 0.6) is 5.75 Å². The number of furan rings is 1. The summed E-state index contributed by atoms with van der Waals surface area (Å²) in [5, 5.41) is 0.418. The molecule has 7 heteroatoms. The normalized spacial score (nSPS) is 14.4. The van der Waals surface area contributed by atoms with E-state index >= 15 is 0 Å². The van der Waals surface area contributed by atoms with Crippen molar-refractivity contribution in [1.29, 1.82) is 0 Å². The monoisotopic (exact) mass is 383 g/mol. The summed E-state index contributed by atoms with van der Waals surface area (Å²) in [4.78, 5) is 27.3. The Bertz CT molecular complexity index is 1060. The number of morpholine rings is 1. The van der Waals surface area contributed by atoms with Crippen LogP contribution in [0, 0.1) is 13.8 Å². The Kier molecular flexibility index (Phi) is 4.92. The minimum absolute atomic E-state index is 0.0194. The molecule has 1 aliphatic rings. The molecule has 2 aromatic heterocycles. The van der Waals surface area contributed by atoms with Gasteiger partial charge < -0.3 is 23.2 Å². The van der Waals surface area contributed by atoms with Gasteiger partial charge in [-0.05, 0) is 43.2 Å². The van der Waals surface area contributed by atoms with Crippen LogP contribution in [0.4, 0.5) is 0 Å². The second-order valence-corrected chi connectivity index (χ2v) is 6.81. The number of amides is 1. The highest BCUT2D eigenvalue weighted by atomic mass is 16.5. The highest BCUT2D eigenvalue weighted by molar-refractivity contribution is 5.85. The third-order valence-corrected chi connectivity index (χ3v) is 4.73. The van der Waals surface area contributed by atoms with E-state index in [1.807, 2.05) is 19.9 Å². The van der Waals surface area contributed by atoms with Crippen molar-refractivity contribution in [1.82, 2.24) is 4.90 Å². The van der Waals surface area contributed by atoms with Crippen molar-refractivity contribution >= 4 is 16.9 Å². The topological polar surface area (TPSA) is 82.1 Å². The average molecular weight is 383 g/mol. The summed E-state index contributed by atoms with van der Waals surface area (Å²) < 4.78 is 22.4. The number of rotatable bonds is 4. The Hall–Kier alpha value is -3.06. The molecule has 0 atom stereocenters. The molecule has 3 heterocycles. The van der Waals surface area contributed by atoms with Gasteiger partial charge in [-0.3, -0.25) is 9.59 Å². The van der Waals surface area contributed by atoms with Gasteiger partial charge in [-0.1, -0.05) is 6.07 Å². The molecule has 0 aliphatic carbocycles. The van der Waals surface area contributed by atoms with E-state index in [2.05, 4.69) is 0 Å². The average Bonchev–Trinajstić information content (AvgIpc) is 3.22. The molecule has 7 nitrogen and oxygen atoms in total. The maximum atomic E-state index is 13.2.